The third kappa shape index (κ3) is 6.64. The Labute approximate surface area is 194 Å². The molecule has 0 N–H and O–H groups in total. The lowest BCUT2D eigenvalue weighted by molar-refractivity contribution is -0.180. The monoisotopic (exact) mass is 472 g/mol. The average Bonchev–Trinajstić information content (AvgIpc) is 3.47. The van der Waals surface area contributed by atoms with Crippen LogP contribution in [0.25, 0.3) is 0 Å². The van der Waals surface area contributed by atoms with E-state index in [4.69, 9.17) is 37.9 Å². The number of ether oxygens (including phenoxy) is 8. The first-order valence-corrected chi connectivity index (χ1v) is 12.0. The van der Waals surface area contributed by atoms with E-state index in [9.17, 15) is 9.59 Å². The number of hydrogen-bond acceptors (Lipinski definition) is 10. The van der Waals surface area contributed by atoms with Crippen LogP contribution < -0.4 is 0 Å². The summed E-state index contributed by atoms with van der Waals surface area (Å²) in [4.78, 5) is 24.0. The molecular weight excluding hydrogens is 436 g/mol. The molecule has 33 heavy (non-hydrogen) atoms. The van der Waals surface area contributed by atoms with Crippen LogP contribution in [0.2, 0.25) is 0 Å². The first-order valence-electron chi connectivity index (χ1n) is 12.0. The van der Waals surface area contributed by atoms with Gasteiger partial charge in [-0.2, -0.15) is 0 Å². The largest absolute Gasteiger partial charge is 0.466 e. The Morgan fingerprint density at radius 3 is 2.18 bits per heavy atom. The predicted molar refractivity (Wildman–Crippen MR) is 112 cm³/mol. The SMILES string of the molecule is CC(C)CC1(C)OCC(C2OC3CCC(=O)OCCCOC(=O)CCC4OCC(O4)C2O3)O1. The number of fused-ring (bicyclic) bond motifs is 5. The molecule has 10 nitrogen and oxygen atoms in total. The van der Waals surface area contributed by atoms with Gasteiger partial charge in [-0.25, -0.2) is 0 Å². The summed E-state index contributed by atoms with van der Waals surface area (Å²) >= 11 is 0. The molecule has 4 bridgehead atoms. The van der Waals surface area contributed by atoms with Crippen molar-refractivity contribution in [3.63, 3.8) is 0 Å². The summed E-state index contributed by atoms with van der Waals surface area (Å²) in [6.45, 7) is 7.29. The molecule has 188 valence electrons. The van der Waals surface area contributed by atoms with Gasteiger partial charge in [-0.1, -0.05) is 13.8 Å². The molecule has 7 unspecified atom stereocenters. The zero-order chi connectivity index (χ0) is 23.4. The van der Waals surface area contributed by atoms with Gasteiger partial charge >= 0.3 is 11.9 Å². The van der Waals surface area contributed by atoms with E-state index in [2.05, 4.69) is 13.8 Å². The Kier molecular flexibility index (Phi) is 8.24. The van der Waals surface area contributed by atoms with Gasteiger partial charge < -0.3 is 37.9 Å². The zero-order valence-electron chi connectivity index (χ0n) is 19.7. The van der Waals surface area contributed by atoms with Crippen molar-refractivity contribution in [3.05, 3.63) is 0 Å². The van der Waals surface area contributed by atoms with Gasteiger partial charge in [-0.3, -0.25) is 9.59 Å². The highest BCUT2D eigenvalue weighted by atomic mass is 16.8. The quantitative estimate of drug-likeness (QED) is 0.566. The standard InChI is InChI=1S/C23H36O10/c1-14(2)11-23(3)29-13-16(33-23)22-21-15-12-28-19(30-15)7-5-17(24)26-9-4-10-27-18(25)6-8-20(31-21)32-22/h14-16,19-22H,4-13H2,1-3H3. The molecule has 0 spiro atoms. The molecule has 0 aromatic heterocycles. The van der Waals surface area contributed by atoms with Crippen molar-refractivity contribution in [1.82, 2.24) is 0 Å². The van der Waals surface area contributed by atoms with Crippen LogP contribution in [0.1, 0.15) is 59.3 Å². The molecule has 4 fully saturated rings. The molecule has 0 aromatic carbocycles. The lowest BCUT2D eigenvalue weighted by Crippen LogP contribution is -2.45. The normalized spacial score (nSPS) is 41.1. The summed E-state index contributed by atoms with van der Waals surface area (Å²) in [5.74, 6) is -0.947. The number of hydrogen-bond donors (Lipinski definition) is 0. The summed E-state index contributed by atoms with van der Waals surface area (Å²) in [6, 6.07) is 0. The molecule has 4 aliphatic rings. The Hall–Kier alpha value is -1.30. The van der Waals surface area contributed by atoms with Gasteiger partial charge in [0, 0.05) is 25.7 Å². The number of esters is 2. The van der Waals surface area contributed by atoms with Crippen LogP contribution >= 0.6 is 0 Å². The number of cyclic esters (lactones) is 2. The second-order valence-electron chi connectivity index (χ2n) is 9.64. The van der Waals surface area contributed by atoms with Crippen molar-refractivity contribution in [2.45, 2.75) is 102 Å². The predicted octanol–water partition coefficient (Wildman–Crippen LogP) is 2.07. The highest BCUT2D eigenvalue weighted by Gasteiger charge is 2.52. The van der Waals surface area contributed by atoms with Gasteiger partial charge in [-0.15, -0.1) is 0 Å². The van der Waals surface area contributed by atoms with Gasteiger partial charge in [0.1, 0.15) is 24.4 Å². The fraction of sp³-hybridized carbons (Fsp3) is 0.913. The molecule has 0 amide bonds. The van der Waals surface area contributed by atoms with E-state index in [1.807, 2.05) is 6.92 Å². The fourth-order valence-corrected chi connectivity index (χ4v) is 4.78. The highest BCUT2D eigenvalue weighted by Crippen LogP contribution is 2.38. The molecule has 0 radical (unpaired) electrons. The van der Waals surface area contributed by atoms with Gasteiger partial charge in [-0.05, 0) is 12.8 Å². The van der Waals surface area contributed by atoms with E-state index in [1.54, 1.807) is 0 Å². The van der Waals surface area contributed by atoms with Crippen molar-refractivity contribution >= 4 is 11.9 Å². The Balaban J connectivity index is 1.44. The van der Waals surface area contributed by atoms with Crippen molar-refractivity contribution < 1.29 is 47.5 Å². The van der Waals surface area contributed by atoms with Crippen molar-refractivity contribution in [2.75, 3.05) is 26.4 Å². The lowest BCUT2D eigenvalue weighted by atomic mass is 10.0. The smallest absolute Gasteiger partial charge is 0.305 e. The van der Waals surface area contributed by atoms with Crippen LogP contribution in [-0.4, -0.2) is 81.1 Å². The van der Waals surface area contributed by atoms with E-state index in [1.165, 1.54) is 0 Å². The van der Waals surface area contributed by atoms with Crippen LogP contribution in [0, 0.1) is 5.92 Å². The van der Waals surface area contributed by atoms with Crippen LogP contribution in [0.15, 0.2) is 0 Å². The molecular formula is C23H36O10. The Bertz CT molecular complexity index is 684. The summed E-state index contributed by atoms with van der Waals surface area (Å²) in [5.41, 5.74) is 0. The van der Waals surface area contributed by atoms with Gasteiger partial charge in [0.15, 0.2) is 18.4 Å². The van der Waals surface area contributed by atoms with Crippen molar-refractivity contribution in [1.29, 1.82) is 0 Å². The number of carbonyl (C=O) groups excluding carboxylic acids is 2. The van der Waals surface area contributed by atoms with Crippen molar-refractivity contribution in [3.8, 4) is 0 Å². The van der Waals surface area contributed by atoms with Crippen LogP contribution in [-0.2, 0) is 47.5 Å². The zero-order valence-corrected chi connectivity index (χ0v) is 19.7. The molecule has 0 aromatic rings. The molecule has 0 aliphatic carbocycles. The first-order chi connectivity index (χ1) is 15.8. The maximum Gasteiger partial charge on any atom is 0.305 e. The summed E-state index contributed by atoms with van der Waals surface area (Å²) < 4.78 is 47.0. The second-order valence-corrected chi connectivity index (χ2v) is 9.64. The van der Waals surface area contributed by atoms with Gasteiger partial charge in [0.2, 0.25) is 0 Å². The number of rotatable bonds is 3. The minimum absolute atomic E-state index is 0.154. The van der Waals surface area contributed by atoms with Crippen LogP contribution in [0.5, 0.6) is 0 Å². The summed E-state index contributed by atoms with van der Waals surface area (Å²) in [7, 11) is 0. The maximum atomic E-state index is 12.1. The maximum absolute atomic E-state index is 12.1. The lowest BCUT2D eigenvalue weighted by Gasteiger charge is -2.28. The van der Waals surface area contributed by atoms with E-state index in [0.717, 1.165) is 6.42 Å². The Morgan fingerprint density at radius 2 is 1.52 bits per heavy atom. The molecule has 4 rings (SSSR count). The molecule has 10 heteroatoms. The van der Waals surface area contributed by atoms with Gasteiger partial charge in [0.05, 0.1) is 39.3 Å². The van der Waals surface area contributed by atoms with Crippen LogP contribution in [0.4, 0.5) is 0 Å². The van der Waals surface area contributed by atoms with Crippen LogP contribution in [0.3, 0.4) is 0 Å². The second kappa shape index (κ2) is 11.0. The van der Waals surface area contributed by atoms with Crippen molar-refractivity contribution in [2.24, 2.45) is 5.92 Å². The summed E-state index contributed by atoms with van der Waals surface area (Å²) in [6.07, 6.45) is -0.415. The summed E-state index contributed by atoms with van der Waals surface area (Å²) in [5, 5.41) is 0. The molecule has 4 heterocycles. The van der Waals surface area contributed by atoms with E-state index in [-0.39, 0.29) is 50.2 Å². The topological polar surface area (TPSA) is 108 Å². The third-order valence-electron chi connectivity index (χ3n) is 6.16. The molecule has 7 atom stereocenters. The third-order valence-corrected chi connectivity index (χ3v) is 6.16. The minimum Gasteiger partial charge on any atom is -0.466 e. The van der Waals surface area contributed by atoms with E-state index in [0.29, 0.717) is 38.4 Å². The molecule has 0 saturated carbocycles. The fourth-order valence-electron chi connectivity index (χ4n) is 4.78. The van der Waals surface area contributed by atoms with Gasteiger partial charge in [0.25, 0.3) is 0 Å². The first kappa shape index (κ1) is 24.8. The molecule has 4 aliphatic heterocycles. The van der Waals surface area contributed by atoms with E-state index >= 15 is 0 Å². The number of carbonyl (C=O) groups is 2. The average molecular weight is 473 g/mol. The Morgan fingerprint density at radius 1 is 0.879 bits per heavy atom. The highest BCUT2D eigenvalue weighted by molar-refractivity contribution is 5.69. The molecule has 4 saturated heterocycles. The minimum atomic E-state index is -0.682. The van der Waals surface area contributed by atoms with E-state index < -0.39 is 30.6 Å².